The number of amides is 1. The zero-order valence-corrected chi connectivity index (χ0v) is 13.8. The smallest absolute Gasteiger partial charge is 0.337 e. The monoisotopic (exact) mass is 336 g/mol. The Morgan fingerprint density at radius 1 is 1.24 bits per heavy atom. The van der Waals surface area contributed by atoms with Gasteiger partial charge in [-0.15, -0.1) is 0 Å². The predicted molar refractivity (Wildman–Crippen MR) is 94.2 cm³/mol. The van der Waals surface area contributed by atoms with Crippen molar-refractivity contribution in [2.24, 2.45) is 5.10 Å². The number of ether oxygens (including phenoxy) is 1. The lowest BCUT2D eigenvalue weighted by molar-refractivity contribution is -0.114. The standard InChI is InChI=1S/C19H16N2O4/c1-13-17(7-3-5-16-6-4-12-25-16)18(22)21(20-13)15-10-8-14(9-11-15)19(23)24-2/h3-12H,1-2H3. The van der Waals surface area contributed by atoms with Crippen molar-refractivity contribution >= 4 is 29.4 Å². The molecular formula is C19H16N2O4. The van der Waals surface area contributed by atoms with Crippen LogP contribution >= 0.6 is 0 Å². The van der Waals surface area contributed by atoms with Gasteiger partial charge in [-0.2, -0.15) is 10.1 Å². The number of benzene rings is 1. The summed E-state index contributed by atoms with van der Waals surface area (Å²) >= 11 is 0. The first-order chi connectivity index (χ1) is 12.1. The zero-order valence-electron chi connectivity index (χ0n) is 13.8. The van der Waals surface area contributed by atoms with Gasteiger partial charge in [0.05, 0.1) is 35.9 Å². The van der Waals surface area contributed by atoms with E-state index in [9.17, 15) is 9.59 Å². The third-order valence-electron chi connectivity index (χ3n) is 3.66. The third kappa shape index (κ3) is 3.42. The van der Waals surface area contributed by atoms with Gasteiger partial charge in [-0.05, 0) is 55.5 Å². The van der Waals surface area contributed by atoms with Crippen LogP contribution in [0.4, 0.5) is 5.69 Å². The van der Waals surface area contributed by atoms with Crippen molar-refractivity contribution in [3.05, 3.63) is 71.7 Å². The fourth-order valence-corrected chi connectivity index (χ4v) is 2.37. The molecule has 2 aromatic rings. The van der Waals surface area contributed by atoms with Gasteiger partial charge < -0.3 is 9.15 Å². The number of furan rings is 1. The van der Waals surface area contributed by atoms with E-state index in [1.54, 1.807) is 61.7 Å². The maximum absolute atomic E-state index is 12.6. The minimum Gasteiger partial charge on any atom is -0.465 e. The first-order valence-corrected chi connectivity index (χ1v) is 7.60. The SMILES string of the molecule is COC(=O)c1ccc(N2N=C(C)C(=CC=Cc3ccco3)C2=O)cc1. The highest BCUT2D eigenvalue weighted by Crippen LogP contribution is 2.24. The van der Waals surface area contributed by atoms with E-state index in [0.29, 0.717) is 28.3 Å². The molecule has 0 N–H and O–H groups in total. The van der Waals surface area contributed by atoms with E-state index >= 15 is 0 Å². The van der Waals surface area contributed by atoms with Crippen LogP contribution < -0.4 is 5.01 Å². The lowest BCUT2D eigenvalue weighted by atomic mass is 10.1. The summed E-state index contributed by atoms with van der Waals surface area (Å²) in [5.41, 5.74) is 2.11. The summed E-state index contributed by atoms with van der Waals surface area (Å²) in [6.07, 6.45) is 6.79. The average Bonchev–Trinajstić information content (AvgIpc) is 3.24. The Balaban J connectivity index is 1.79. The van der Waals surface area contributed by atoms with Gasteiger partial charge in [-0.1, -0.05) is 6.08 Å². The van der Waals surface area contributed by atoms with Crippen molar-refractivity contribution in [2.75, 3.05) is 12.1 Å². The Morgan fingerprint density at radius 2 is 2.00 bits per heavy atom. The van der Waals surface area contributed by atoms with Crippen LogP contribution in [0.3, 0.4) is 0 Å². The van der Waals surface area contributed by atoms with Crippen LogP contribution in [-0.2, 0) is 9.53 Å². The maximum atomic E-state index is 12.6. The quantitative estimate of drug-likeness (QED) is 0.633. The third-order valence-corrected chi connectivity index (χ3v) is 3.66. The highest BCUT2D eigenvalue weighted by molar-refractivity contribution is 6.29. The van der Waals surface area contributed by atoms with Gasteiger partial charge in [0.25, 0.3) is 5.91 Å². The summed E-state index contributed by atoms with van der Waals surface area (Å²) in [7, 11) is 1.32. The average molecular weight is 336 g/mol. The second-order valence-corrected chi connectivity index (χ2v) is 5.30. The highest BCUT2D eigenvalue weighted by Gasteiger charge is 2.28. The Hall–Kier alpha value is -3.41. The summed E-state index contributed by atoms with van der Waals surface area (Å²) < 4.78 is 9.86. The molecule has 1 aromatic heterocycles. The molecule has 0 spiro atoms. The Bertz CT molecular complexity index is 875. The van der Waals surface area contributed by atoms with Gasteiger partial charge in [-0.25, -0.2) is 4.79 Å². The highest BCUT2D eigenvalue weighted by atomic mass is 16.5. The number of hydrogen-bond acceptors (Lipinski definition) is 5. The van der Waals surface area contributed by atoms with Crippen molar-refractivity contribution in [3.63, 3.8) is 0 Å². The van der Waals surface area contributed by atoms with Crippen LogP contribution in [0.5, 0.6) is 0 Å². The molecule has 3 rings (SSSR count). The molecule has 0 saturated heterocycles. The number of rotatable bonds is 4. The maximum Gasteiger partial charge on any atom is 0.337 e. The summed E-state index contributed by atoms with van der Waals surface area (Å²) in [5.74, 6) is 0.0437. The summed E-state index contributed by atoms with van der Waals surface area (Å²) in [6, 6.07) is 10.1. The van der Waals surface area contributed by atoms with Gasteiger partial charge in [0.15, 0.2) is 0 Å². The van der Waals surface area contributed by atoms with Crippen LogP contribution in [0.15, 0.2) is 69.9 Å². The lowest BCUT2D eigenvalue weighted by Crippen LogP contribution is -2.21. The first kappa shape index (κ1) is 16.4. The van der Waals surface area contributed by atoms with Crippen molar-refractivity contribution < 1.29 is 18.7 Å². The van der Waals surface area contributed by atoms with Crippen LogP contribution in [-0.4, -0.2) is 24.7 Å². The molecule has 6 heteroatoms. The summed E-state index contributed by atoms with van der Waals surface area (Å²) in [5, 5.41) is 5.60. The van der Waals surface area contributed by atoms with E-state index in [4.69, 9.17) is 4.42 Å². The molecule has 6 nitrogen and oxygen atoms in total. The topological polar surface area (TPSA) is 72.1 Å². The number of carbonyl (C=O) groups is 2. The largest absolute Gasteiger partial charge is 0.465 e. The second-order valence-electron chi connectivity index (χ2n) is 5.30. The van der Waals surface area contributed by atoms with Gasteiger partial charge >= 0.3 is 5.97 Å². The number of hydrogen-bond donors (Lipinski definition) is 0. The summed E-state index contributed by atoms with van der Waals surface area (Å²) in [6.45, 7) is 1.77. The van der Waals surface area contributed by atoms with Gasteiger partial charge in [0.2, 0.25) is 0 Å². The molecule has 1 aliphatic heterocycles. The molecule has 0 saturated carbocycles. The van der Waals surface area contributed by atoms with Crippen LogP contribution in [0.1, 0.15) is 23.0 Å². The van der Waals surface area contributed by atoms with E-state index in [0.717, 1.165) is 0 Å². The van der Waals surface area contributed by atoms with E-state index in [-0.39, 0.29) is 5.91 Å². The number of allylic oxidation sites excluding steroid dienone is 2. The van der Waals surface area contributed by atoms with Gasteiger partial charge in [0, 0.05) is 0 Å². The minimum absolute atomic E-state index is 0.229. The second kappa shape index (κ2) is 7.00. The number of carbonyl (C=O) groups excluding carboxylic acids is 2. The Kier molecular flexibility index (Phi) is 4.61. The molecule has 0 fully saturated rings. The molecule has 25 heavy (non-hydrogen) atoms. The molecule has 1 amide bonds. The predicted octanol–water partition coefficient (Wildman–Crippen LogP) is 3.43. The van der Waals surface area contributed by atoms with Gasteiger partial charge in [0.1, 0.15) is 5.76 Å². The molecule has 0 aliphatic carbocycles. The van der Waals surface area contributed by atoms with Crippen molar-refractivity contribution in [1.82, 2.24) is 0 Å². The minimum atomic E-state index is -0.428. The molecule has 0 radical (unpaired) electrons. The molecule has 1 aliphatic rings. The molecule has 0 unspecified atom stereocenters. The van der Waals surface area contributed by atoms with Crippen LogP contribution in [0, 0.1) is 0 Å². The van der Waals surface area contributed by atoms with E-state index in [1.807, 2.05) is 6.07 Å². The molecule has 0 atom stereocenters. The van der Waals surface area contributed by atoms with E-state index < -0.39 is 5.97 Å². The Morgan fingerprint density at radius 3 is 2.64 bits per heavy atom. The molecule has 1 aromatic carbocycles. The lowest BCUT2D eigenvalue weighted by Gasteiger charge is -2.11. The number of hydrazone groups is 1. The van der Waals surface area contributed by atoms with Crippen LogP contribution in [0.2, 0.25) is 0 Å². The summed E-state index contributed by atoms with van der Waals surface area (Å²) in [4.78, 5) is 24.1. The molecule has 2 heterocycles. The van der Waals surface area contributed by atoms with E-state index in [2.05, 4.69) is 9.84 Å². The van der Waals surface area contributed by atoms with Crippen LogP contribution in [0.25, 0.3) is 6.08 Å². The first-order valence-electron chi connectivity index (χ1n) is 7.60. The number of esters is 1. The normalized spacial score (nSPS) is 15.9. The molecule has 0 bridgehead atoms. The zero-order chi connectivity index (χ0) is 17.8. The fraction of sp³-hybridized carbons (Fsp3) is 0.105. The van der Waals surface area contributed by atoms with Gasteiger partial charge in [-0.3, -0.25) is 4.79 Å². The number of nitrogens with zero attached hydrogens (tertiary/aromatic N) is 2. The van der Waals surface area contributed by atoms with Crippen molar-refractivity contribution in [2.45, 2.75) is 6.92 Å². The molecular weight excluding hydrogens is 320 g/mol. The fourth-order valence-electron chi connectivity index (χ4n) is 2.37. The number of methoxy groups -OCH3 is 1. The van der Waals surface area contributed by atoms with Crippen molar-refractivity contribution in [1.29, 1.82) is 0 Å². The number of anilines is 1. The molecule has 126 valence electrons. The van der Waals surface area contributed by atoms with E-state index in [1.165, 1.54) is 12.1 Å². The van der Waals surface area contributed by atoms with Crippen molar-refractivity contribution in [3.8, 4) is 0 Å². The Labute approximate surface area is 144 Å².